The zero-order chi connectivity index (χ0) is 22.4. The molecule has 0 fully saturated rings. The molecule has 4 nitrogen and oxygen atoms in total. The summed E-state index contributed by atoms with van der Waals surface area (Å²) in [4.78, 5) is 15.5. The van der Waals surface area contributed by atoms with Crippen LogP contribution in [0.25, 0.3) is 11.4 Å². The number of nitrogens with zero attached hydrogens (tertiary/aromatic N) is 2. The van der Waals surface area contributed by atoms with Crippen LogP contribution in [0.2, 0.25) is 0 Å². The van der Waals surface area contributed by atoms with Crippen molar-refractivity contribution in [3.63, 3.8) is 0 Å². The summed E-state index contributed by atoms with van der Waals surface area (Å²) in [5.41, 5.74) is -1.30. The molecule has 0 unspecified atom stereocenters. The van der Waals surface area contributed by atoms with Crippen LogP contribution < -0.4 is 11.3 Å². The number of nitrogens with two attached hydrogens (primary N) is 1. The average Bonchev–Trinajstić information content (AvgIpc) is 2.69. The Kier molecular flexibility index (Phi) is 5.27. The zero-order valence-corrected chi connectivity index (χ0v) is 14.5. The molecule has 0 atom stereocenters. The third kappa shape index (κ3) is 3.48. The van der Waals surface area contributed by atoms with E-state index in [-0.39, 0.29) is 5.56 Å². The van der Waals surface area contributed by atoms with Crippen LogP contribution >= 0.6 is 0 Å². The van der Waals surface area contributed by atoms with E-state index >= 15 is 0 Å². The maximum Gasteiger partial charge on any atom is 0.435 e. The molecule has 0 aliphatic rings. The SMILES string of the molecule is Nc1c(C(F)(F)F)nc(-c2c(F)c(F)c(F)c(F)c2F)n(Cc2ccccc2)c1=O. The summed E-state index contributed by atoms with van der Waals surface area (Å²) in [6.07, 6.45) is -5.34. The van der Waals surface area contributed by atoms with Crippen molar-refractivity contribution in [3.8, 4) is 11.4 Å². The summed E-state index contributed by atoms with van der Waals surface area (Å²) in [6.45, 7) is -0.607. The number of rotatable bonds is 3. The minimum absolute atomic E-state index is 0.255. The van der Waals surface area contributed by atoms with Crippen LogP contribution in [0.3, 0.4) is 0 Å². The highest BCUT2D eigenvalue weighted by molar-refractivity contribution is 5.61. The highest BCUT2D eigenvalue weighted by Gasteiger charge is 2.39. The number of anilines is 1. The van der Waals surface area contributed by atoms with E-state index in [1.54, 1.807) is 6.07 Å². The van der Waals surface area contributed by atoms with Gasteiger partial charge < -0.3 is 5.73 Å². The van der Waals surface area contributed by atoms with Gasteiger partial charge in [-0.3, -0.25) is 9.36 Å². The highest BCUT2D eigenvalue weighted by Crippen LogP contribution is 2.35. The molecule has 0 saturated heterocycles. The van der Waals surface area contributed by atoms with Crippen LogP contribution in [0, 0.1) is 29.1 Å². The fourth-order valence-electron chi connectivity index (χ4n) is 2.69. The van der Waals surface area contributed by atoms with Gasteiger partial charge in [0.15, 0.2) is 29.0 Å². The summed E-state index contributed by atoms with van der Waals surface area (Å²) in [7, 11) is 0. The minimum Gasteiger partial charge on any atom is -0.392 e. The summed E-state index contributed by atoms with van der Waals surface area (Å²) < 4.78 is 109. The number of hydrogen-bond donors (Lipinski definition) is 1. The molecule has 1 aromatic heterocycles. The monoisotopic (exact) mass is 435 g/mol. The smallest absolute Gasteiger partial charge is 0.392 e. The fraction of sp³-hybridized carbons (Fsp3) is 0.111. The number of nitrogen functional groups attached to an aromatic ring is 1. The number of aromatic nitrogens is 2. The zero-order valence-electron chi connectivity index (χ0n) is 14.5. The van der Waals surface area contributed by atoms with E-state index in [4.69, 9.17) is 5.73 Å². The van der Waals surface area contributed by atoms with Crippen molar-refractivity contribution in [1.82, 2.24) is 9.55 Å². The largest absolute Gasteiger partial charge is 0.435 e. The van der Waals surface area contributed by atoms with E-state index in [9.17, 15) is 39.9 Å². The van der Waals surface area contributed by atoms with Crippen molar-refractivity contribution < 1.29 is 35.1 Å². The molecule has 1 heterocycles. The van der Waals surface area contributed by atoms with E-state index in [0.29, 0.717) is 4.57 Å². The van der Waals surface area contributed by atoms with Crippen LogP contribution in [-0.2, 0) is 12.7 Å². The summed E-state index contributed by atoms with van der Waals surface area (Å²) in [6, 6.07) is 7.35. The molecule has 0 radical (unpaired) electrons. The molecule has 3 rings (SSSR count). The van der Waals surface area contributed by atoms with E-state index in [2.05, 4.69) is 4.98 Å². The maximum atomic E-state index is 14.3. The van der Waals surface area contributed by atoms with Crippen molar-refractivity contribution in [3.05, 3.63) is 81.0 Å². The Hall–Kier alpha value is -3.44. The van der Waals surface area contributed by atoms with Gasteiger partial charge in [0.25, 0.3) is 5.56 Å². The molecular weight excluding hydrogens is 426 g/mol. The maximum absolute atomic E-state index is 14.3. The summed E-state index contributed by atoms with van der Waals surface area (Å²) in [5, 5.41) is 0. The van der Waals surface area contributed by atoms with Gasteiger partial charge in [-0.05, 0) is 5.56 Å². The van der Waals surface area contributed by atoms with Crippen molar-refractivity contribution in [2.45, 2.75) is 12.7 Å². The first-order valence-electron chi connectivity index (χ1n) is 7.98. The lowest BCUT2D eigenvalue weighted by Gasteiger charge is -2.18. The lowest BCUT2D eigenvalue weighted by molar-refractivity contribution is -0.140. The Balaban J connectivity index is 2.44. The third-order valence-electron chi connectivity index (χ3n) is 4.09. The normalized spacial score (nSPS) is 11.7. The second kappa shape index (κ2) is 7.43. The lowest BCUT2D eigenvalue weighted by Crippen LogP contribution is -2.31. The molecule has 0 aliphatic carbocycles. The van der Waals surface area contributed by atoms with Gasteiger partial charge in [0, 0.05) is 0 Å². The minimum atomic E-state index is -5.34. The third-order valence-corrected chi connectivity index (χ3v) is 4.09. The van der Waals surface area contributed by atoms with Crippen molar-refractivity contribution in [1.29, 1.82) is 0 Å². The Morgan fingerprint density at radius 2 is 1.37 bits per heavy atom. The predicted molar refractivity (Wildman–Crippen MR) is 88.7 cm³/mol. The van der Waals surface area contributed by atoms with E-state index in [1.165, 1.54) is 24.3 Å². The number of halogens is 8. The molecule has 158 valence electrons. The van der Waals surface area contributed by atoms with Gasteiger partial charge in [-0.1, -0.05) is 30.3 Å². The van der Waals surface area contributed by atoms with Crippen molar-refractivity contribution in [2.24, 2.45) is 0 Å². The van der Waals surface area contributed by atoms with Crippen molar-refractivity contribution >= 4 is 5.69 Å². The average molecular weight is 435 g/mol. The molecule has 30 heavy (non-hydrogen) atoms. The van der Waals surface area contributed by atoms with Crippen LogP contribution in [0.4, 0.5) is 40.8 Å². The molecule has 2 N–H and O–H groups in total. The Morgan fingerprint density at radius 1 is 0.867 bits per heavy atom. The van der Waals surface area contributed by atoms with Gasteiger partial charge in [-0.25, -0.2) is 26.9 Å². The van der Waals surface area contributed by atoms with Crippen LogP contribution in [0.1, 0.15) is 11.3 Å². The molecule has 0 spiro atoms. The van der Waals surface area contributed by atoms with Crippen LogP contribution in [-0.4, -0.2) is 9.55 Å². The van der Waals surface area contributed by atoms with Gasteiger partial charge in [0.2, 0.25) is 5.82 Å². The standard InChI is InChI=1S/C18H9F8N3O/c19-9-8(10(20)12(22)13(23)11(9)21)16-28-15(18(24,25)26)14(27)17(30)29(16)6-7-4-2-1-3-5-7/h1-5H,6,27H2. The lowest BCUT2D eigenvalue weighted by atomic mass is 10.1. The Bertz CT molecular complexity index is 1160. The number of alkyl halides is 3. The molecule has 0 bridgehead atoms. The second-order valence-corrected chi connectivity index (χ2v) is 6.02. The molecule has 0 aliphatic heterocycles. The van der Waals surface area contributed by atoms with Gasteiger partial charge in [-0.15, -0.1) is 0 Å². The second-order valence-electron chi connectivity index (χ2n) is 6.02. The van der Waals surface area contributed by atoms with Crippen LogP contribution in [0.5, 0.6) is 0 Å². The molecule has 2 aromatic carbocycles. The molecule has 0 saturated carbocycles. The molecular formula is C18H9F8N3O. The van der Waals surface area contributed by atoms with Gasteiger partial charge in [0.05, 0.1) is 12.1 Å². The Labute approximate surface area is 162 Å². The molecule has 12 heteroatoms. The Morgan fingerprint density at radius 3 is 1.87 bits per heavy atom. The van der Waals surface area contributed by atoms with Crippen LogP contribution in [0.15, 0.2) is 35.1 Å². The van der Waals surface area contributed by atoms with Gasteiger partial charge in [-0.2, -0.15) is 13.2 Å². The highest BCUT2D eigenvalue weighted by atomic mass is 19.4. The first kappa shape index (κ1) is 21.3. The summed E-state index contributed by atoms with van der Waals surface area (Å²) >= 11 is 0. The molecule has 3 aromatic rings. The van der Waals surface area contributed by atoms with E-state index < -0.39 is 70.1 Å². The van der Waals surface area contributed by atoms with E-state index in [1.807, 2.05) is 0 Å². The topological polar surface area (TPSA) is 60.9 Å². The predicted octanol–water partition coefficient (Wildman–Crippen LogP) is 4.26. The fourth-order valence-corrected chi connectivity index (χ4v) is 2.69. The van der Waals surface area contributed by atoms with Crippen molar-refractivity contribution in [2.75, 3.05) is 5.73 Å². The first-order valence-corrected chi connectivity index (χ1v) is 7.98. The summed E-state index contributed by atoms with van der Waals surface area (Å²) in [5.74, 6) is -13.6. The first-order chi connectivity index (χ1) is 13.9. The molecule has 0 amide bonds. The number of hydrogen-bond acceptors (Lipinski definition) is 3. The van der Waals surface area contributed by atoms with Gasteiger partial charge in [0.1, 0.15) is 11.5 Å². The quantitative estimate of drug-likeness (QED) is 0.380. The van der Waals surface area contributed by atoms with Gasteiger partial charge >= 0.3 is 6.18 Å². The number of benzene rings is 2. The van der Waals surface area contributed by atoms with E-state index in [0.717, 1.165) is 0 Å².